The predicted molar refractivity (Wildman–Crippen MR) is 104 cm³/mol. The highest BCUT2D eigenvalue weighted by Gasteiger charge is 2.35. The second-order valence-electron chi connectivity index (χ2n) is 8.43. The third kappa shape index (κ3) is 5.51. The third-order valence-electron chi connectivity index (χ3n) is 4.86. The van der Waals surface area contributed by atoms with Gasteiger partial charge in [-0.25, -0.2) is 4.79 Å². The summed E-state index contributed by atoms with van der Waals surface area (Å²) in [7, 11) is 1.99. The van der Waals surface area contributed by atoms with Gasteiger partial charge in [0.05, 0.1) is 6.54 Å². The van der Waals surface area contributed by atoms with E-state index in [1.807, 2.05) is 69.5 Å². The van der Waals surface area contributed by atoms with E-state index in [4.69, 9.17) is 0 Å². The molecule has 1 heterocycles. The zero-order valence-electron chi connectivity index (χ0n) is 17.1. The summed E-state index contributed by atoms with van der Waals surface area (Å²) in [6.45, 7) is 10.6. The van der Waals surface area contributed by atoms with Crippen LogP contribution in [0.4, 0.5) is 4.79 Å². The van der Waals surface area contributed by atoms with Crippen LogP contribution < -0.4 is 5.32 Å². The highest BCUT2D eigenvalue weighted by Crippen LogP contribution is 2.28. The van der Waals surface area contributed by atoms with Crippen LogP contribution in [-0.4, -0.2) is 50.5 Å². The topological polar surface area (TPSA) is 57.6 Å². The number of hydrogen-bond donors (Lipinski definition) is 1. The Hall–Kier alpha value is -1.98. The largest absolute Gasteiger partial charge is 0.353 e. The average molecular weight is 363 g/mol. The van der Waals surface area contributed by atoms with E-state index >= 15 is 0 Å². The molecule has 26 heavy (non-hydrogen) atoms. The number of urea groups is 1. The van der Waals surface area contributed by atoms with Gasteiger partial charge in [-0.15, -0.1) is 0 Å². The van der Waals surface area contributed by atoms with Crippen molar-refractivity contribution in [3.05, 3.63) is 24.0 Å². The molecule has 6 nitrogen and oxygen atoms in total. The summed E-state index contributed by atoms with van der Waals surface area (Å²) in [5, 5.41) is 2.99. The van der Waals surface area contributed by atoms with Gasteiger partial charge in [0.1, 0.15) is 6.54 Å². The minimum absolute atomic E-state index is 0.0115. The Bertz CT molecular complexity index is 628. The summed E-state index contributed by atoms with van der Waals surface area (Å²) in [4.78, 5) is 29.4. The monoisotopic (exact) mass is 362 g/mol. The normalized spacial score (nSPS) is 15.5. The minimum atomic E-state index is -0.328. The summed E-state index contributed by atoms with van der Waals surface area (Å²) >= 11 is 0. The molecule has 1 atom stereocenters. The van der Waals surface area contributed by atoms with Gasteiger partial charge >= 0.3 is 6.03 Å². The fourth-order valence-electron chi connectivity index (χ4n) is 2.92. The van der Waals surface area contributed by atoms with Gasteiger partial charge in [0.2, 0.25) is 5.91 Å². The molecular weight excluding hydrogens is 328 g/mol. The van der Waals surface area contributed by atoms with Crippen LogP contribution in [0, 0.1) is 0 Å². The highest BCUT2D eigenvalue weighted by molar-refractivity contribution is 5.85. The first-order valence-corrected chi connectivity index (χ1v) is 9.60. The number of amides is 3. The second-order valence-corrected chi connectivity index (χ2v) is 8.43. The Balaban J connectivity index is 2.10. The van der Waals surface area contributed by atoms with Crippen molar-refractivity contribution in [2.24, 2.45) is 7.05 Å². The van der Waals surface area contributed by atoms with Crippen molar-refractivity contribution >= 4 is 11.9 Å². The maximum Gasteiger partial charge on any atom is 0.318 e. The van der Waals surface area contributed by atoms with Crippen molar-refractivity contribution < 1.29 is 9.59 Å². The molecule has 146 valence electrons. The number of carbonyl (C=O) groups is 2. The molecule has 3 amide bonds. The molecule has 1 aromatic rings. The molecule has 0 spiro atoms. The van der Waals surface area contributed by atoms with Crippen molar-refractivity contribution in [3.8, 4) is 0 Å². The van der Waals surface area contributed by atoms with Gasteiger partial charge in [-0.1, -0.05) is 6.92 Å². The fourth-order valence-corrected chi connectivity index (χ4v) is 2.92. The summed E-state index contributed by atoms with van der Waals surface area (Å²) in [6, 6.07) is 4.18. The third-order valence-corrected chi connectivity index (χ3v) is 4.86. The molecule has 1 N–H and O–H groups in total. The number of hydrogen-bond acceptors (Lipinski definition) is 2. The van der Waals surface area contributed by atoms with Gasteiger partial charge < -0.3 is 19.7 Å². The van der Waals surface area contributed by atoms with Gasteiger partial charge in [0.15, 0.2) is 0 Å². The molecule has 1 aliphatic rings. The van der Waals surface area contributed by atoms with Gasteiger partial charge in [0, 0.05) is 36.6 Å². The molecule has 1 unspecified atom stereocenters. The summed E-state index contributed by atoms with van der Waals surface area (Å²) < 4.78 is 2.04. The Morgan fingerprint density at radius 1 is 1.35 bits per heavy atom. The molecule has 0 aliphatic heterocycles. The van der Waals surface area contributed by atoms with Gasteiger partial charge in [-0.3, -0.25) is 4.79 Å². The SMILES string of the molecule is CCC(C)N(CC(=O)N(Cc1cccn1C)C1CC1)C(=O)NC(C)(C)C. The number of rotatable bonds is 7. The van der Waals surface area contributed by atoms with Crippen molar-refractivity contribution in [1.82, 2.24) is 19.7 Å². The maximum atomic E-state index is 13.1. The molecule has 0 aromatic carbocycles. The van der Waals surface area contributed by atoms with E-state index in [-0.39, 0.29) is 30.1 Å². The van der Waals surface area contributed by atoms with E-state index < -0.39 is 0 Å². The summed E-state index contributed by atoms with van der Waals surface area (Å²) in [5.41, 5.74) is 0.782. The minimum Gasteiger partial charge on any atom is -0.353 e. The first-order valence-electron chi connectivity index (χ1n) is 9.60. The van der Waals surface area contributed by atoms with Crippen LogP contribution in [0.25, 0.3) is 0 Å². The maximum absolute atomic E-state index is 13.1. The standard InChI is InChI=1S/C20H34N4O2/c1-7-15(2)23(19(26)21-20(3,4)5)14-18(25)24(16-10-11-16)13-17-9-8-12-22(17)6/h8-9,12,15-16H,7,10-11,13-14H2,1-6H3,(H,21,26). The molecule has 2 rings (SSSR count). The van der Waals surface area contributed by atoms with Crippen LogP contribution in [0.1, 0.15) is 59.6 Å². The average Bonchev–Trinajstić information content (AvgIpc) is 3.30. The Labute approximate surface area is 157 Å². The van der Waals surface area contributed by atoms with Gasteiger partial charge in [-0.05, 0) is 59.1 Å². The highest BCUT2D eigenvalue weighted by atomic mass is 16.2. The predicted octanol–water partition coefficient (Wildman–Crippen LogP) is 3.12. The molecule has 0 radical (unpaired) electrons. The van der Waals surface area contributed by atoms with E-state index in [1.165, 1.54) is 0 Å². The van der Waals surface area contributed by atoms with E-state index in [2.05, 4.69) is 5.32 Å². The molecule has 1 saturated carbocycles. The zero-order chi connectivity index (χ0) is 19.5. The summed E-state index contributed by atoms with van der Waals surface area (Å²) in [6.07, 6.45) is 4.90. The number of carbonyl (C=O) groups excluding carboxylic acids is 2. The molecule has 1 aliphatic carbocycles. The lowest BCUT2D eigenvalue weighted by Crippen LogP contribution is -2.54. The van der Waals surface area contributed by atoms with E-state index in [9.17, 15) is 9.59 Å². The number of aryl methyl sites for hydroxylation is 1. The lowest BCUT2D eigenvalue weighted by molar-refractivity contribution is -0.133. The van der Waals surface area contributed by atoms with Crippen LogP contribution in [0.15, 0.2) is 18.3 Å². The van der Waals surface area contributed by atoms with Gasteiger partial charge in [-0.2, -0.15) is 0 Å². The molecule has 6 heteroatoms. The second kappa shape index (κ2) is 8.14. The Morgan fingerprint density at radius 2 is 2.00 bits per heavy atom. The Morgan fingerprint density at radius 3 is 2.46 bits per heavy atom. The first kappa shape index (κ1) is 20.3. The van der Waals surface area contributed by atoms with Crippen molar-refractivity contribution in [3.63, 3.8) is 0 Å². The van der Waals surface area contributed by atoms with Crippen molar-refractivity contribution in [2.75, 3.05) is 6.54 Å². The van der Waals surface area contributed by atoms with E-state index in [0.29, 0.717) is 12.6 Å². The molecule has 0 saturated heterocycles. The lowest BCUT2D eigenvalue weighted by atomic mass is 10.1. The number of nitrogens with one attached hydrogen (secondary N) is 1. The molecular formula is C20H34N4O2. The van der Waals surface area contributed by atoms with Crippen LogP contribution in [0.5, 0.6) is 0 Å². The van der Waals surface area contributed by atoms with Gasteiger partial charge in [0.25, 0.3) is 0 Å². The Kier molecular flexibility index (Phi) is 6.37. The van der Waals surface area contributed by atoms with Crippen molar-refractivity contribution in [1.29, 1.82) is 0 Å². The summed E-state index contributed by atoms with van der Waals surface area (Å²) in [5.74, 6) is 0.0260. The molecule has 0 bridgehead atoms. The quantitative estimate of drug-likeness (QED) is 0.810. The van der Waals surface area contributed by atoms with Crippen LogP contribution >= 0.6 is 0 Å². The van der Waals surface area contributed by atoms with E-state index in [0.717, 1.165) is 25.0 Å². The van der Waals surface area contributed by atoms with Crippen molar-refractivity contribution in [2.45, 2.75) is 78.0 Å². The van der Waals surface area contributed by atoms with Crippen LogP contribution in [-0.2, 0) is 18.4 Å². The zero-order valence-corrected chi connectivity index (χ0v) is 17.1. The first-order chi connectivity index (χ1) is 12.1. The number of aromatic nitrogens is 1. The molecule has 1 fully saturated rings. The lowest BCUT2D eigenvalue weighted by Gasteiger charge is -2.34. The fraction of sp³-hybridized carbons (Fsp3) is 0.700. The van der Waals surface area contributed by atoms with E-state index in [1.54, 1.807) is 4.90 Å². The van der Waals surface area contributed by atoms with Crippen LogP contribution in [0.3, 0.4) is 0 Å². The smallest absolute Gasteiger partial charge is 0.318 e. The number of nitrogens with zero attached hydrogens (tertiary/aromatic N) is 3. The molecule has 1 aromatic heterocycles. The van der Waals surface area contributed by atoms with Crippen LogP contribution in [0.2, 0.25) is 0 Å².